The predicted molar refractivity (Wildman–Crippen MR) is 123 cm³/mol. The second-order valence-electron chi connectivity index (χ2n) is 7.05. The summed E-state index contributed by atoms with van der Waals surface area (Å²) in [6, 6.07) is 15.4. The van der Waals surface area contributed by atoms with Gasteiger partial charge in [-0.1, -0.05) is 22.0 Å². The van der Waals surface area contributed by atoms with Gasteiger partial charge in [0.2, 0.25) is 0 Å². The molecule has 0 aliphatic rings. The van der Waals surface area contributed by atoms with Crippen LogP contribution in [0, 0.1) is 20.8 Å². The number of ether oxygens (including phenoxy) is 1. The first-order chi connectivity index (χ1) is 14.4. The Balaban J connectivity index is 1.78. The number of hydrogen-bond donors (Lipinski definition) is 0. The predicted octanol–water partition coefficient (Wildman–Crippen LogP) is 4.77. The maximum absolute atomic E-state index is 12.9. The number of halogens is 1. The highest BCUT2D eigenvalue weighted by Crippen LogP contribution is 2.23. The molecule has 0 aliphatic carbocycles. The molecular weight excluding hydrogens is 444 g/mol. The highest BCUT2D eigenvalue weighted by molar-refractivity contribution is 9.10. The second kappa shape index (κ2) is 7.91. The number of methoxy groups -OCH3 is 1. The van der Waals surface area contributed by atoms with Crippen molar-refractivity contribution in [1.29, 1.82) is 0 Å². The Morgan fingerprint density at radius 1 is 1.10 bits per heavy atom. The molecule has 0 unspecified atom stereocenters. The highest BCUT2D eigenvalue weighted by atomic mass is 79.9. The fourth-order valence-electron chi connectivity index (χ4n) is 3.58. The summed E-state index contributed by atoms with van der Waals surface area (Å²) in [5, 5.41) is 4.98. The van der Waals surface area contributed by atoms with Gasteiger partial charge in [0.05, 0.1) is 24.2 Å². The zero-order valence-electron chi connectivity index (χ0n) is 17.2. The van der Waals surface area contributed by atoms with Crippen molar-refractivity contribution in [3.63, 3.8) is 0 Å². The number of rotatable bonds is 4. The van der Waals surface area contributed by atoms with Crippen LogP contribution in [0.3, 0.4) is 0 Å². The quantitative estimate of drug-likeness (QED) is 0.408. The Kier molecular flexibility index (Phi) is 5.30. The van der Waals surface area contributed by atoms with E-state index < -0.39 is 0 Å². The van der Waals surface area contributed by atoms with Crippen molar-refractivity contribution in [3.05, 3.63) is 86.1 Å². The van der Waals surface area contributed by atoms with E-state index in [9.17, 15) is 4.79 Å². The van der Waals surface area contributed by atoms with Gasteiger partial charge in [-0.15, -0.1) is 0 Å². The fourth-order valence-corrected chi connectivity index (χ4v) is 3.94. The third kappa shape index (κ3) is 3.57. The second-order valence-corrected chi connectivity index (χ2v) is 7.96. The van der Waals surface area contributed by atoms with Crippen molar-refractivity contribution in [2.45, 2.75) is 20.8 Å². The SMILES string of the molecule is COc1cccc(-n2c(C)cc(C=Nn3c(C)nc4ccc(Br)cc4c3=O)c2C)c1. The molecule has 4 rings (SSSR count). The lowest BCUT2D eigenvalue weighted by atomic mass is 10.2. The van der Waals surface area contributed by atoms with Gasteiger partial charge in [0.1, 0.15) is 11.6 Å². The number of fused-ring (bicyclic) bond motifs is 1. The molecule has 30 heavy (non-hydrogen) atoms. The maximum atomic E-state index is 12.9. The van der Waals surface area contributed by atoms with E-state index in [4.69, 9.17) is 4.74 Å². The van der Waals surface area contributed by atoms with Crippen LogP contribution in [-0.4, -0.2) is 27.6 Å². The van der Waals surface area contributed by atoms with Crippen LogP contribution in [0.5, 0.6) is 5.75 Å². The van der Waals surface area contributed by atoms with Crippen LogP contribution in [-0.2, 0) is 0 Å². The topological polar surface area (TPSA) is 61.4 Å². The van der Waals surface area contributed by atoms with Crippen molar-refractivity contribution in [2.75, 3.05) is 7.11 Å². The van der Waals surface area contributed by atoms with Crippen molar-refractivity contribution in [1.82, 2.24) is 14.2 Å². The molecule has 0 fully saturated rings. The molecule has 0 aliphatic heterocycles. The molecule has 2 aromatic carbocycles. The summed E-state index contributed by atoms with van der Waals surface area (Å²) >= 11 is 3.41. The summed E-state index contributed by atoms with van der Waals surface area (Å²) in [5.74, 6) is 1.33. The summed E-state index contributed by atoms with van der Waals surface area (Å²) in [6.07, 6.45) is 1.71. The van der Waals surface area contributed by atoms with E-state index in [1.165, 1.54) is 4.68 Å². The lowest BCUT2D eigenvalue weighted by molar-refractivity contribution is 0.414. The Labute approximate surface area is 182 Å². The van der Waals surface area contributed by atoms with Gasteiger partial charge in [-0.2, -0.15) is 9.78 Å². The molecule has 0 saturated heterocycles. The van der Waals surface area contributed by atoms with Crippen molar-refractivity contribution in [2.24, 2.45) is 5.10 Å². The molecule has 2 aromatic heterocycles. The minimum atomic E-state index is -0.198. The van der Waals surface area contributed by atoms with E-state index in [1.54, 1.807) is 26.3 Å². The van der Waals surface area contributed by atoms with Gasteiger partial charge >= 0.3 is 0 Å². The van der Waals surface area contributed by atoms with Crippen molar-refractivity contribution in [3.8, 4) is 11.4 Å². The third-order valence-electron chi connectivity index (χ3n) is 5.06. The van der Waals surface area contributed by atoms with E-state index in [-0.39, 0.29) is 5.56 Å². The normalized spacial score (nSPS) is 11.5. The van der Waals surface area contributed by atoms with Crippen LogP contribution in [0.15, 0.2) is 62.9 Å². The highest BCUT2D eigenvalue weighted by Gasteiger charge is 2.11. The number of aromatic nitrogens is 3. The molecule has 0 bridgehead atoms. The number of nitrogens with zero attached hydrogens (tertiary/aromatic N) is 4. The van der Waals surface area contributed by atoms with Crippen LogP contribution in [0.2, 0.25) is 0 Å². The van der Waals surface area contributed by atoms with E-state index in [1.807, 2.05) is 56.3 Å². The average molecular weight is 465 g/mol. The first kappa shape index (κ1) is 20.1. The molecule has 2 heterocycles. The third-order valence-corrected chi connectivity index (χ3v) is 5.56. The van der Waals surface area contributed by atoms with E-state index in [2.05, 4.69) is 30.6 Å². The molecule has 4 aromatic rings. The summed E-state index contributed by atoms with van der Waals surface area (Å²) in [4.78, 5) is 17.5. The van der Waals surface area contributed by atoms with Crippen molar-refractivity contribution < 1.29 is 4.74 Å². The summed E-state index contributed by atoms with van der Waals surface area (Å²) in [6.45, 7) is 5.84. The fraction of sp³-hybridized carbons (Fsp3) is 0.174. The summed E-state index contributed by atoms with van der Waals surface area (Å²) in [7, 11) is 1.66. The Morgan fingerprint density at radius 3 is 2.67 bits per heavy atom. The maximum Gasteiger partial charge on any atom is 0.282 e. The molecule has 0 N–H and O–H groups in total. The zero-order chi connectivity index (χ0) is 21.4. The van der Waals surface area contributed by atoms with Gasteiger partial charge < -0.3 is 9.30 Å². The van der Waals surface area contributed by atoms with E-state index >= 15 is 0 Å². The largest absolute Gasteiger partial charge is 0.497 e. The molecule has 0 spiro atoms. The van der Waals surface area contributed by atoms with E-state index in [0.717, 1.165) is 32.9 Å². The Morgan fingerprint density at radius 2 is 1.90 bits per heavy atom. The average Bonchev–Trinajstić information content (AvgIpc) is 3.01. The monoisotopic (exact) mass is 464 g/mol. The van der Waals surface area contributed by atoms with Gasteiger partial charge in [-0.25, -0.2) is 4.98 Å². The first-order valence-electron chi connectivity index (χ1n) is 9.45. The summed E-state index contributed by atoms with van der Waals surface area (Å²) in [5.41, 5.74) is 4.48. The molecule has 6 nitrogen and oxygen atoms in total. The molecule has 152 valence electrons. The molecule has 0 radical (unpaired) electrons. The van der Waals surface area contributed by atoms with Crippen LogP contribution < -0.4 is 10.3 Å². The van der Waals surface area contributed by atoms with Crippen LogP contribution in [0.4, 0.5) is 0 Å². The number of hydrogen-bond acceptors (Lipinski definition) is 4. The minimum Gasteiger partial charge on any atom is -0.497 e. The van der Waals surface area contributed by atoms with Gasteiger partial charge in [0.25, 0.3) is 5.56 Å². The smallest absolute Gasteiger partial charge is 0.282 e. The van der Waals surface area contributed by atoms with Crippen molar-refractivity contribution >= 4 is 33.0 Å². The van der Waals surface area contributed by atoms with Gasteiger partial charge in [0.15, 0.2) is 0 Å². The Hall–Kier alpha value is -3.19. The number of aryl methyl sites for hydroxylation is 2. The number of benzene rings is 2. The standard InChI is InChI=1S/C23H21BrN4O2/c1-14-10-17(15(2)27(14)19-6-5-7-20(12-19)30-4)13-25-28-16(3)26-22-9-8-18(24)11-21(22)23(28)29/h5-13H,1-4H3. The van der Waals surface area contributed by atoms with Gasteiger partial charge in [0, 0.05) is 33.2 Å². The van der Waals surface area contributed by atoms with Gasteiger partial charge in [-0.3, -0.25) is 4.79 Å². The van der Waals surface area contributed by atoms with Crippen LogP contribution in [0.1, 0.15) is 22.8 Å². The molecule has 7 heteroatoms. The van der Waals surface area contributed by atoms with Gasteiger partial charge in [-0.05, 0) is 57.2 Å². The summed E-state index contributed by atoms with van der Waals surface area (Å²) < 4.78 is 9.65. The van der Waals surface area contributed by atoms with E-state index in [0.29, 0.717) is 16.7 Å². The lowest BCUT2D eigenvalue weighted by Crippen LogP contribution is -2.20. The minimum absolute atomic E-state index is 0.198. The molecule has 0 amide bonds. The van der Waals surface area contributed by atoms with Crippen LogP contribution in [0.25, 0.3) is 16.6 Å². The lowest BCUT2D eigenvalue weighted by Gasteiger charge is -2.11. The molecular formula is C23H21BrN4O2. The molecule has 0 atom stereocenters. The zero-order valence-corrected chi connectivity index (χ0v) is 18.8. The molecule has 0 saturated carbocycles. The first-order valence-corrected chi connectivity index (χ1v) is 10.2. The Bertz CT molecular complexity index is 1350. The van der Waals surface area contributed by atoms with Crippen LogP contribution >= 0.6 is 15.9 Å².